The second-order valence-electron chi connectivity index (χ2n) is 4.86. The Labute approximate surface area is 129 Å². The molecule has 1 aliphatic rings. The summed E-state index contributed by atoms with van der Waals surface area (Å²) in [6.07, 6.45) is 6.42. The number of hydrogen-bond donors (Lipinski definition) is 2. The third kappa shape index (κ3) is 3.80. The quantitative estimate of drug-likeness (QED) is 0.906. The lowest BCUT2D eigenvalue weighted by molar-refractivity contribution is -0.118. The van der Waals surface area contributed by atoms with E-state index in [1.54, 1.807) is 12.4 Å². The minimum atomic E-state index is -0.0730. The number of aromatic nitrogens is 3. The maximum Gasteiger partial charge on any atom is 0.241 e. The summed E-state index contributed by atoms with van der Waals surface area (Å²) in [5.74, 6) is 0.0367. The average Bonchev–Trinajstić information content (AvgIpc) is 3.03. The molecule has 0 bridgehead atoms. The van der Waals surface area contributed by atoms with E-state index in [0.29, 0.717) is 0 Å². The highest BCUT2D eigenvalue weighted by Crippen LogP contribution is 2.14. The van der Waals surface area contributed by atoms with Crippen LogP contribution in [0, 0.1) is 0 Å². The highest BCUT2D eigenvalue weighted by molar-refractivity contribution is 5.94. The molecule has 1 aromatic carbocycles. The van der Waals surface area contributed by atoms with E-state index >= 15 is 0 Å². The van der Waals surface area contributed by atoms with E-state index in [9.17, 15) is 4.79 Å². The molecule has 1 fully saturated rings. The number of carbonyl (C=O) groups excluding carboxylic acids is 1. The number of nitrogens with zero attached hydrogens (tertiary/aromatic N) is 3. The van der Waals surface area contributed by atoms with Crippen molar-refractivity contribution in [1.82, 2.24) is 20.3 Å². The van der Waals surface area contributed by atoms with Crippen LogP contribution in [0.5, 0.6) is 0 Å². The Hall–Kier alpha value is -1.92. The Balaban J connectivity index is 0.00000161. The number of anilines is 1. The first kappa shape index (κ1) is 15.5. The second kappa shape index (κ2) is 7.19. The molecule has 2 aromatic rings. The molecule has 1 unspecified atom stereocenters. The van der Waals surface area contributed by atoms with Crippen molar-refractivity contribution in [3.63, 3.8) is 0 Å². The van der Waals surface area contributed by atoms with Crippen molar-refractivity contribution in [2.75, 3.05) is 11.9 Å². The van der Waals surface area contributed by atoms with Gasteiger partial charge in [-0.2, -0.15) is 15.0 Å². The average molecular weight is 308 g/mol. The summed E-state index contributed by atoms with van der Waals surface area (Å²) >= 11 is 0. The Morgan fingerprint density at radius 1 is 1.19 bits per heavy atom. The number of piperidine rings is 1. The third-order valence-corrected chi connectivity index (χ3v) is 3.41. The van der Waals surface area contributed by atoms with Crippen molar-refractivity contribution in [2.45, 2.75) is 25.3 Å². The molecule has 1 aromatic heterocycles. The number of benzene rings is 1. The topological polar surface area (TPSA) is 71.8 Å². The fraction of sp³-hybridized carbons (Fsp3) is 0.357. The van der Waals surface area contributed by atoms with E-state index in [1.165, 1.54) is 4.80 Å². The molecule has 1 amide bonds. The highest BCUT2D eigenvalue weighted by atomic mass is 35.5. The van der Waals surface area contributed by atoms with Gasteiger partial charge in [0.2, 0.25) is 5.91 Å². The molecule has 1 atom stereocenters. The number of nitrogens with one attached hydrogen (secondary N) is 2. The van der Waals surface area contributed by atoms with Crippen molar-refractivity contribution >= 4 is 24.0 Å². The maximum atomic E-state index is 12.1. The van der Waals surface area contributed by atoms with Gasteiger partial charge in [0.1, 0.15) is 0 Å². The van der Waals surface area contributed by atoms with Gasteiger partial charge in [0.05, 0.1) is 24.1 Å². The molecule has 7 heteroatoms. The fourth-order valence-electron chi connectivity index (χ4n) is 2.33. The summed E-state index contributed by atoms with van der Waals surface area (Å²) in [5, 5.41) is 14.3. The van der Waals surface area contributed by atoms with Crippen molar-refractivity contribution < 1.29 is 4.79 Å². The highest BCUT2D eigenvalue weighted by Gasteiger charge is 2.20. The van der Waals surface area contributed by atoms with E-state index < -0.39 is 0 Å². The van der Waals surface area contributed by atoms with Gasteiger partial charge >= 0.3 is 0 Å². The van der Waals surface area contributed by atoms with Gasteiger partial charge in [-0.3, -0.25) is 4.79 Å². The Bertz CT molecular complexity index is 564. The molecule has 21 heavy (non-hydrogen) atoms. The molecule has 0 spiro atoms. The smallest absolute Gasteiger partial charge is 0.241 e. The molecule has 112 valence electrons. The Morgan fingerprint density at radius 2 is 1.90 bits per heavy atom. The summed E-state index contributed by atoms with van der Waals surface area (Å²) < 4.78 is 0. The molecule has 0 radical (unpaired) electrons. The minimum absolute atomic E-state index is 0. The van der Waals surface area contributed by atoms with E-state index in [4.69, 9.17) is 0 Å². The minimum Gasteiger partial charge on any atom is -0.325 e. The first-order chi connectivity index (χ1) is 9.83. The molecule has 6 nitrogen and oxygen atoms in total. The number of halogens is 1. The van der Waals surface area contributed by atoms with Crippen LogP contribution < -0.4 is 10.6 Å². The SMILES string of the molecule is Cl.O=C(Nc1ccc(-n2nccn2)cc1)C1CCCCN1. The van der Waals surface area contributed by atoms with Crippen molar-refractivity contribution in [3.8, 4) is 5.69 Å². The summed E-state index contributed by atoms with van der Waals surface area (Å²) in [5.41, 5.74) is 1.65. The predicted octanol–water partition coefficient (Wildman–Crippen LogP) is 1.77. The van der Waals surface area contributed by atoms with Crippen LogP contribution in [0.25, 0.3) is 5.69 Å². The second-order valence-corrected chi connectivity index (χ2v) is 4.86. The molecule has 1 aliphatic heterocycles. The lowest BCUT2D eigenvalue weighted by Gasteiger charge is -2.22. The first-order valence-corrected chi connectivity index (χ1v) is 6.84. The molecule has 1 saturated heterocycles. The summed E-state index contributed by atoms with van der Waals surface area (Å²) in [7, 11) is 0. The van der Waals surface area contributed by atoms with Crippen LogP contribution in [0.3, 0.4) is 0 Å². The van der Waals surface area contributed by atoms with E-state index in [0.717, 1.165) is 37.2 Å². The lowest BCUT2D eigenvalue weighted by atomic mass is 10.0. The summed E-state index contributed by atoms with van der Waals surface area (Å²) in [4.78, 5) is 13.6. The van der Waals surface area contributed by atoms with Crippen LogP contribution in [-0.4, -0.2) is 33.5 Å². The van der Waals surface area contributed by atoms with Crippen LogP contribution in [0.1, 0.15) is 19.3 Å². The fourth-order valence-corrected chi connectivity index (χ4v) is 2.33. The number of hydrogen-bond acceptors (Lipinski definition) is 4. The van der Waals surface area contributed by atoms with Gasteiger partial charge in [0.25, 0.3) is 0 Å². The van der Waals surface area contributed by atoms with Gasteiger partial charge in [-0.05, 0) is 43.7 Å². The first-order valence-electron chi connectivity index (χ1n) is 6.84. The van der Waals surface area contributed by atoms with Gasteiger partial charge in [-0.1, -0.05) is 6.42 Å². The summed E-state index contributed by atoms with van der Waals surface area (Å²) in [6.45, 7) is 0.919. The number of rotatable bonds is 3. The van der Waals surface area contributed by atoms with Gasteiger partial charge < -0.3 is 10.6 Å². The zero-order valence-corrected chi connectivity index (χ0v) is 12.3. The molecule has 2 heterocycles. The third-order valence-electron chi connectivity index (χ3n) is 3.41. The largest absolute Gasteiger partial charge is 0.325 e. The number of amides is 1. The van der Waals surface area contributed by atoms with Gasteiger partial charge in [0.15, 0.2) is 0 Å². The normalized spacial score (nSPS) is 17.8. The number of carbonyl (C=O) groups is 1. The van der Waals surface area contributed by atoms with E-state index in [2.05, 4.69) is 20.8 Å². The standard InChI is InChI=1S/C14H17N5O.ClH/c20-14(13-3-1-2-8-15-13)18-11-4-6-12(7-5-11)19-16-9-10-17-19;/h4-7,9-10,13,15H,1-3,8H2,(H,18,20);1H. The van der Waals surface area contributed by atoms with E-state index in [1.807, 2.05) is 24.3 Å². The zero-order chi connectivity index (χ0) is 13.8. The lowest BCUT2D eigenvalue weighted by Crippen LogP contribution is -2.43. The van der Waals surface area contributed by atoms with Crippen molar-refractivity contribution in [1.29, 1.82) is 0 Å². The van der Waals surface area contributed by atoms with Crippen LogP contribution in [-0.2, 0) is 4.79 Å². The van der Waals surface area contributed by atoms with Gasteiger partial charge in [-0.25, -0.2) is 0 Å². The van der Waals surface area contributed by atoms with Crippen molar-refractivity contribution in [3.05, 3.63) is 36.7 Å². The molecular weight excluding hydrogens is 290 g/mol. The van der Waals surface area contributed by atoms with Gasteiger partial charge in [-0.15, -0.1) is 12.4 Å². The monoisotopic (exact) mass is 307 g/mol. The molecule has 0 saturated carbocycles. The molecule has 3 rings (SSSR count). The molecule has 2 N–H and O–H groups in total. The van der Waals surface area contributed by atoms with Crippen molar-refractivity contribution in [2.24, 2.45) is 0 Å². The Morgan fingerprint density at radius 3 is 2.52 bits per heavy atom. The van der Waals surface area contributed by atoms with Gasteiger partial charge in [0, 0.05) is 5.69 Å². The molecular formula is C14H18ClN5O. The summed E-state index contributed by atoms with van der Waals surface area (Å²) in [6, 6.07) is 7.41. The van der Waals surface area contributed by atoms with Crippen LogP contribution in [0.2, 0.25) is 0 Å². The maximum absolute atomic E-state index is 12.1. The van der Waals surface area contributed by atoms with Crippen LogP contribution in [0.15, 0.2) is 36.7 Å². The zero-order valence-electron chi connectivity index (χ0n) is 11.5. The molecule has 0 aliphatic carbocycles. The predicted molar refractivity (Wildman–Crippen MR) is 82.9 cm³/mol. The van der Waals surface area contributed by atoms with Crippen LogP contribution in [0.4, 0.5) is 5.69 Å². The van der Waals surface area contributed by atoms with Crippen LogP contribution >= 0.6 is 12.4 Å². The Kier molecular flexibility index (Phi) is 5.30. The van der Waals surface area contributed by atoms with E-state index in [-0.39, 0.29) is 24.4 Å².